The van der Waals surface area contributed by atoms with E-state index in [1.54, 1.807) is 6.07 Å². The van der Waals surface area contributed by atoms with Crippen LogP contribution in [0.3, 0.4) is 0 Å². The lowest BCUT2D eigenvalue weighted by Crippen LogP contribution is -2.08. The molecule has 0 spiro atoms. The molecule has 0 fully saturated rings. The van der Waals surface area contributed by atoms with E-state index in [-0.39, 0.29) is 5.69 Å². The molecule has 9 heteroatoms. The van der Waals surface area contributed by atoms with Crippen molar-refractivity contribution >= 4 is 22.4 Å². The maximum absolute atomic E-state index is 10.8. The summed E-state index contributed by atoms with van der Waals surface area (Å²) in [6.07, 6.45) is 3.22. The third-order valence-corrected chi connectivity index (χ3v) is 2.88. The quantitative estimate of drug-likeness (QED) is 0.554. The number of rotatable bonds is 5. The van der Waals surface area contributed by atoms with Crippen LogP contribution in [0.25, 0.3) is 10.9 Å². The SMILES string of the molecule is O=[N+]([O-])c1ccc2ncnc(NCCc3ncon3)c2c1. The minimum atomic E-state index is -0.449. The van der Waals surface area contributed by atoms with Crippen molar-refractivity contribution in [1.29, 1.82) is 0 Å². The molecule has 0 unspecified atom stereocenters. The van der Waals surface area contributed by atoms with Crippen LogP contribution in [-0.4, -0.2) is 31.6 Å². The van der Waals surface area contributed by atoms with E-state index in [1.807, 2.05) is 0 Å². The Bertz CT molecular complexity index is 774. The molecule has 0 saturated heterocycles. The number of aromatic nitrogens is 4. The van der Waals surface area contributed by atoms with Gasteiger partial charge < -0.3 is 9.84 Å². The molecule has 3 aromatic rings. The van der Waals surface area contributed by atoms with E-state index in [0.717, 1.165) is 0 Å². The average Bonchev–Trinajstić information content (AvgIpc) is 3.00. The molecular weight excluding hydrogens is 276 g/mol. The van der Waals surface area contributed by atoms with Crippen LogP contribution in [0.4, 0.5) is 11.5 Å². The Hall–Kier alpha value is -3.10. The van der Waals surface area contributed by atoms with Gasteiger partial charge in [-0.25, -0.2) is 9.97 Å². The molecule has 0 aliphatic rings. The first-order valence-corrected chi connectivity index (χ1v) is 6.12. The summed E-state index contributed by atoms with van der Waals surface area (Å²) in [6.45, 7) is 0.522. The summed E-state index contributed by atoms with van der Waals surface area (Å²) >= 11 is 0. The van der Waals surface area contributed by atoms with Crippen LogP contribution in [0, 0.1) is 10.1 Å². The standard InChI is InChI=1S/C12H10N6O3/c19-18(20)8-1-2-10-9(5-8)12(15-6-14-10)13-4-3-11-16-7-21-17-11/h1-2,5-7H,3-4H2,(H,13,14,15). The van der Waals surface area contributed by atoms with E-state index in [9.17, 15) is 10.1 Å². The van der Waals surface area contributed by atoms with Crippen LogP contribution in [0.5, 0.6) is 0 Å². The van der Waals surface area contributed by atoms with Crippen molar-refractivity contribution in [2.24, 2.45) is 0 Å². The van der Waals surface area contributed by atoms with Crippen LogP contribution in [0.15, 0.2) is 35.4 Å². The summed E-state index contributed by atoms with van der Waals surface area (Å²) in [6, 6.07) is 4.46. The minimum absolute atomic E-state index is 0.00137. The van der Waals surface area contributed by atoms with Gasteiger partial charge in [-0.15, -0.1) is 0 Å². The van der Waals surface area contributed by atoms with Crippen molar-refractivity contribution in [3.05, 3.63) is 46.9 Å². The Morgan fingerprint density at radius 3 is 2.95 bits per heavy atom. The average molecular weight is 286 g/mol. The largest absolute Gasteiger partial charge is 0.369 e. The molecule has 2 heterocycles. The number of benzene rings is 1. The van der Waals surface area contributed by atoms with Crippen molar-refractivity contribution in [2.75, 3.05) is 11.9 Å². The van der Waals surface area contributed by atoms with Gasteiger partial charge in [0.1, 0.15) is 12.1 Å². The van der Waals surface area contributed by atoms with E-state index in [1.165, 1.54) is 24.9 Å². The van der Waals surface area contributed by atoms with Gasteiger partial charge in [0.2, 0.25) is 6.39 Å². The summed E-state index contributed by atoms with van der Waals surface area (Å²) in [5, 5.41) is 18.2. The Morgan fingerprint density at radius 2 is 2.19 bits per heavy atom. The van der Waals surface area contributed by atoms with Gasteiger partial charge in [-0.05, 0) is 6.07 Å². The number of hydrogen-bond donors (Lipinski definition) is 1. The number of hydrogen-bond acceptors (Lipinski definition) is 8. The molecule has 9 nitrogen and oxygen atoms in total. The lowest BCUT2D eigenvalue weighted by atomic mass is 10.2. The fourth-order valence-electron chi connectivity index (χ4n) is 1.89. The van der Waals surface area contributed by atoms with Crippen molar-refractivity contribution in [3.8, 4) is 0 Å². The van der Waals surface area contributed by atoms with Crippen molar-refractivity contribution in [2.45, 2.75) is 6.42 Å². The van der Waals surface area contributed by atoms with Crippen LogP contribution in [0.2, 0.25) is 0 Å². The molecule has 1 aromatic carbocycles. The van der Waals surface area contributed by atoms with Gasteiger partial charge in [-0.3, -0.25) is 10.1 Å². The first kappa shape index (κ1) is 12.9. The monoisotopic (exact) mass is 286 g/mol. The van der Waals surface area contributed by atoms with Crippen molar-refractivity contribution in [1.82, 2.24) is 20.1 Å². The van der Waals surface area contributed by atoms with Crippen LogP contribution >= 0.6 is 0 Å². The molecule has 3 rings (SSSR count). The number of anilines is 1. The second-order valence-corrected chi connectivity index (χ2v) is 4.21. The molecule has 106 valence electrons. The lowest BCUT2D eigenvalue weighted by molar-refractivity contribution is -0.384. The molecule has 2 aromatic heterocycles. The summed E-state index contributed by atoms with van der Waals surface area (Å²) in [5.74, 6) is 1.11. The van der Waals surface area contributed by atoms with E-state index < -0.39 is 4.92 Å². The third kappa shape index (κ3) is 2.76. The summed E-state index contributed by atoms with van der Waals surface area (Å²) in [5.41, 5.74) is 0.635. The maximum Gasteiger partial charge on any atom is 0.270 e. The summed E-state index contributed by atoms with van der Waals surface area (Å²) < 4.78 is 4.64. The highest BCUT2D eigenvalue weighted by atomic mass is 16.6. The molecule has 0 radical (unpaired) electrons. The zero-order valence-corrected chi connectivity index (χ0v) is 10.8. The van der Waals surface area contributed by atoms with E-state index in [4.69, 9.17) is 0 Å². The van der Waals surface area contributed by atoms with Crippen LogP contribution in [-0.2, 0) is 6.42 Å². The molecule has 0 saturated carbocycles. The predicted octanol–water partition coefficient (Wildman–Crippen LogP) is 1.58. The predicted molar refractivity (Wildman–Crippen MR) is 72.7 cm³/mol. The second-order valence-electron chi connectivity index (χ2n) is 4.21. The molecule has 0 aliphatic carbocycles. The zero-order chi connectivity index (χ0) is 14.7. The van der Waals surface area contributed by atoms with Gasteiger partial charge in [0.05, 0.1) is 10.4 Å². The number of nitrogens with one attached hydrogen (secondary N) is 1. The van der Waals surface area contributed by atoms with Gasteiger partial charge in [-0.2, -0.15) is 4.98 Å². The molecule has 21 heavy (non-hydrogen) atoms. The van der Waals surface area contributed by atoms with Gasteiger partial charge in [0, 0.05) is 30.5 Å². The third-order valence-electron chi connectivity index (χ3n) is 2.88. The van der Waals surface area contributed by atoms with E-state index in [0.29, 0.717) is 35.5 Å². The highest BCUT2D eigenvalue weighted by Gasteiger charge is 2.10. The Labute approximate surface area is 118 Å². The Balaban J connectivity index is 1.83. The topological polar surface area (TPSA) is 120 Å². The summed E-state index contributed by atoms with van der Waals surface area (Å²) in [7, 11) is 0. The molecule has 0 amide bonds. The van der Waals surface area contributed by atoms with Crippen molar-refractivity contribution < 1.29 is 9.45 Å². The first-order valence-electron chi connectivity index (χ1n) is 6.12. The fraction of sp³-hybridized carbons (Fsp3) is 0.167. The number of fused-ring (bicyclic) bond motifs is 1. The van der Waals surface area contributed by atoms with E-state index in [2.05, 4.69) is 29.9 Å². The molecular formula is C12H10N6O3. The minimum Gasteiger partial charge on any atom is -0.369 e. The lowest BCUT2D eigenvalue weighted by Gasteiger charge is -2.06. The van der Waals surface area contributed by atoms with Crippen LogP contribution in [0.1, 0.15) is 5.82 Å². The Kier molecular flexibility index (Phi) is 3.37. The molecule has 0 aliphatic heterocycles. The van der Waals surface area contributed by atoms with Gasteiger partial charge in [-0.1, -0.05) is 5.16 Å². The molecule has 0 bridgehead atoms. The maximum atomic E-state index is 10.8. The first-order chi connectivity index (χ1) is 10.2. The summed E-state index contributed by atoms with van der Waals surface area (Å²) in [4.78, 5) is 22.5. The van der Waals surface area contributed by atoms with Crippen LogP contribution < -0.4 is 5.32 Å². The highest BCUT2D eigenvalue weighted by Crippen LogP contribution is 2.24. The fourth-order valence-corrected chi connectivity index (χ4v) is 1.89. The number of nitro groups is 1. The zero-order valence-electron chi connectivity index (χ0n) is 10.8. The molecule has 0 atom stereocenters. The van der Waals surface area contributed by atoms with Gasteiger partial charge >= 0.3 is 0 Å². The molecule has 1 N–H and O–H groups in total. The normalized spacial score (nSPS) is 10.7. The Morgan fingerprint density at radius 1 is 1.29 bits per heavy atom. The second kappa shape index (κ2) is 5.49. The van der Waals surface area contributed by atoms with Crippen molar-refractivity contribution in [3.63, 3.8) is 0 Å². The van der Waals surface area contributed by atoms with Gasteiger partial charge in [0.15, 0.2) is 5.82 Å². The van der Waals surface area contributed by atoms with Gasteiger partial charge in [0.25, 0.3) is 5.69 Å². The number of nitro benzene ring substituents is 1. The van der Waals surface area contributed by atoms with E-state index >= 15 is 0 Å². The smallest absolute Gasteiger partial charge is 0.270 e. The number of nitrogens with zero attached hydrogens (tertiary/aromatic N) is 5. The number of non-ortho nitro benzene ring substituents is 1. The highest BCUT2D eigenvalue weighted by molar-refractivity contribution is 5.90.